The molecule has 1 aromatic carbocycles. The van der Waals surface area contributed by atoms with Gasteiger partial charge in [-0.1, -0.05) is 12.1 Å². The summed E-state index contributed by atoms with van der Waals surface area (Å²) in [7, 11) is 1.66. The SMILES string of the molecule is COc1cccc(C(C)N(CCCC(=O)O)C(C)C)c1. The first-order valence-electron chi connectivity index (χ1n) is 7.07. The second kappa shape index (κ2) is 7.90. The van der Waals surface area contributed by atoms with Crippen LogP contribution in [0.3, 0.4) is 0 Å². The molecule has 0 aliphatic rings. The van der Waals surface area contributed by atoms with Crippen LogP contribution in [0.5, 0.6) is 5.75 Å². The van der Waals surface area contributed by atoms with E-state index < -0.39 is 5.97 Å². The average Bonchev–Trinajstić information content (AvgIpc) is 2.42. The molecule has 1 rings (SSSR count). The largest absolute Gasteiger partial charge is 0.497 e. The number of rotatable bonds is 8. The number of benzene rings is 1. The highest BCUT2D eigenvalue weighted by atomic mass is 16.5. The highest BCUT2D eigenvalue weighted by Gasteiger charge is 2.19. The number of hydrogen-bond acceptors (Lipinski definition) is 3. The highest BCUT2D eigenvalue weighted by Crippen LogP contribution is 2.25. The third-order valence-corrected chi connectivity index (χ3v) is 3.54. The van der Waals surface area contributed by atoms with Crippen molar-refractivity contribution >= 4 is 5.97 Å². The molecule has 0 aliphatic heterocycles. The van der Waals surface area contributed by atoms with Gasteiger partial charge >= 0.3 is 5.97 Å². The Kier molecular flexibility index (Phi) is 6.52. The van der Waals surface area contributed by atoms with Crippen LogP contribution in [-0.4, -0.2) is 35.7 Å². The van der Waals surface area contributed by atoms with Crippen molar-refractivity contribution in [1.82, 2.24) is 4.90 Å². The minimum Gasteiger partial charge on any atom is -0.497 e. The summed E-state index contributed by atoms with van der Waals surface area (Å²) in [6.07, 6.45) is 0.885. The molecule has 0 fully saturated rings. The Balaban J connectivity index is 2.76. The van der Waals surface area contributed by atoms with Crippen molar-refractivity contribution in [2.45, 2.75) is 45.7 Å². The van der Waals surface area contributed by atoms with Gasteiger partial charge in [0.25, 0.3) is 0 Å². The molecule has 0 bridgehead atoms. The fraction of sp³-hybridized carbons (Fsp3) is 0.562. The number of methoxy groups -OCH3 is 1. The highest BCUT2D eigenvalue weighted by molar-refractivity contribution is 5.66. The van der Waals surface area contributed by atoms with Crippen molar-refractivity contribution in [3.8, 4) is 5.75 Å². The van der Waals surface area contributed by atoms with E-state index in [0.29, 0.717) is 12.5 Å². The smallest absolute Gasteiger partial charge is 0.303 e. The first kappa shape index (κ1) is 16.5. The molecule has 4 heteroatoms. The Labute approximate surface area is 121 Å². The maximum atomic E-state index is 10.6. The van der Waals surface area contributed by atoms with Crippen LogP contribution in [0.15, 0.2) is 24.3 Å². The predicted molar refractivity (Wildman–Crippen MR) is 80.1 cm³/mol. The van der Waals surface area contributed by atoms with Gasteiger partial charge in [-0.25, -0.2) is 0 Å². The van der Waals surface area contributed by atoms with Crippen LogP contribution in [0.1, 0.15) is 45.2 Å². The molecule has 1 N–H and O–H groups in total. The second-order valence-electron chi connectivity index (χ2n) is 5.28. The van der Waals surface area contributed by atoms with E-state index in [0.717, 1.165) is 12.3 Å². The molecule has 1 unspecified atom stereocenters. The molecule has 0 aromatic heterocycles. The van der Waals surface area contributed by atoms with Crippen LogP contribution in [0.25, 0.3) is 0 Å². The van der Waals surface area contributed by atoms with E-state index in [1.54, 1.807) is 7.11 Å². The summed E-state index contributed by atoms with van der Waals surface area (Å²) in [5.74, 6) is 0.117. The van der Waals surface area contributed by atoms with Gasteiger partial charge in [0.05, 0.1) is 7.11 Å². The molecule has 112 valence electrons. The molecular formula is C16H25NO3. The predicted octanol–water partition coefficient (Wildman–Crippen LogP) is 3.33. The van der Waals surface area contributed by atoms with Crippen molar-refractivity contribution in [3.05, 3.63) is 29.8 Å². The summed E-state index contributed by atoms with van der Waals surface area (Å²) in [5.41, 5.74) is 1.19. The van der Waals surface area contributed by atoms with E-state index in [1.807, 2.05) is 18.2 Å². The number of hydrogen-bond donors (Lipinski definition) is 1. The lowest BCUT2D eigenvalue weighted by molar-refractivity contribution is -0.137. The topological polar surface area (TPSA) is 49.8 Å². The molecule has 0 saturated carbocycles. The van der Waals surface area contributed by atoms with Gasteiger partial charge in [0.1, 0.15) is 5.75 Å². The number of aliphatic carboxylic acids is 1. The Hall–Kier alpha value is -1.55. The fourth-order valence-corrected chi connectivity index (χ4v) is 2.40. The lowest BCUT2D eigenvalue weighted by Gasteiger charge is -2.33. The molecule has 0 amide bonds. The molecule has 0 saturated heterocycles. The Bertz CT molecular complexity index is 431. The zero-order chi connectivity index (χ0) is 15.1. The minimum atomic E-state index is -0.734. The van der Waals surface area contributed by atoms with Crippen LogP contribution < -0.4 is 4.74 Å². The first-order valence-corrected chi connectivity index (χ1v) is 7.07. The summed E-state index contributed by atoms with van der Waals surface area (Å²) < 4.78 is 5.26. The van der Waals surface area contributed by atoms with Crippen molar-refractivity contribution in [2.24, 2.45) is 0 Å². The van der Waals surface area contributed by atoms with E-state index in [2.05, 4.69) is 31.7 Å². The molecule has 1 atom stereocenters. The first-order chi connectivity index (χ1) is 9.45. The summed E-state index contributed by atoms with van der Waals surface area (Å²) >= 11 is 0. The lowest BCUT2D eigenvalue weighted by Crippen LogP contribution is -2.34. The maximum Gasteiger partial charge on any atom is 0.303 e. The van der Waals surface area contributed by atoms with E-state index in [-0.39, 0.29) is 12.5 Å². The fourth-order valence-electron chi connectivity index (χ4n) is 2.40. The molecule has 1 aromatic rings. The van der Waals surface area contributed by atoms with Gasteiger partial charge in [-0.3, -0.25) is 9.69 Å². The Morgan fingerprint density at radius 2 is 2.05 bits per heavy atom. The summed E-state index contributed by atoms with van der Waals surface area (Å²) in [6, 6.07) is 8.64. The standard InChI is InChI=1S/C16H25NO3/c1-12(2)17(10-6-9-16(18)19)13(3)14-7-5-8-15(11-14)20-4/h5,7-8,11-13H,6,9-10H2,1-4H3,(H,18,19). The third kappa shape index (κ3) is 4.85. The zero-order valence-electron chi connectivity index (χ0n) is 12.8. The number of ether oxygens (including phenoxy) is 1. The van der Waals surface area contributed by atoms with Crippen molar-refractivity contribution < 1.29 is 14.6 Å². The molecule has 0 heterocycles. The monoisotopic (exact) mass is 279 g/mol. The normalized spacial score (nSPS) is 12.7. The van der Waals surface area contributed by atoms with Crippen molar-refractivity contribution in [2.75, 3.05) is 13.7 Å². The molecular weight excluding hydrogens is 254 g/mol. The third-order valence-electron chi connectivity index (χ3n) is 3.54. The van der Waals surface area contributed by atoms with E-state index in [1.165, 1.54) is 5.56 Å². The lowest BCUT2D eigenvalue weighted by atomic mass is 10.0. The molecule has 20 heavy (non-hydrogen) atoms. The van der Waals surface area contributed by atoms with Crippen LogP contribution in [-0.2, 0) is 4.79 Å². The summed E-state index contributed by atoms with van der Waals surface area (Å²) in [5, 5.41) is 8.75. The van der Waals surface area contributed by atoms with E-state index in [9.17, 15) is 4.79 Å². The minimum absolute atomic E-state index is 0.216. The van der Waals surface area contributed by atoms with Crippen LogP contribution in [0.2, 0.25) is 0 Å². The van der Waals surface area contributed by atoms with Gasteiger partial charge in [0.2, 0.25) is 0 Å². The molecule has 0 aliphatic carbocycles. The molecule has 0 radical (unpaired) electrons. The number of carboxylic acid groups (broad SMARTS) is 1. The van der Waals surface area contributed by atoms with Gasteiger partial charge in [-0.2, -0.15) is 0 Å². The van der Waals surface area contributed by atoms with Crippen LogP contribution >= 0.6 is 0 Å². The van der Waals surface area contributed by atoms with Gasteiger partial charge in [0, 0.05) is 18.5 Å². The van der Waals surface area contributed by atoms with Gasteiger partial charge in [-0.05, 0) is 51.4 Å². The molecule has 0 spiro atoms. The summed E-state index contributed by atoms with van der Waals surface area (Å²) in [6.45, 7) is 7.20. The molecule has 4 nitrogen and oxygen atoms in total. The quantitative estimate of drug-likeness (QED) is 0.793. The van der Waals surface area contributed by atoms with Gasteiger partial charge in [-0.15, -0.1) is 0 Å². The number of carboxylic acids is 1. The maximum absolute atomic E-state index is 10.6. The van der Waals surface area contributed by atoms with E-state index in [4.69, 9.17) is 9.84 Å². The van der Waals surface area contributed by atoms with Crippen molar-refractivity contribution in [3.63, 3.8) is 0 Å². The van der Waals surface area contributed by atoms with Crippen molar-refractivity contribution in [1.29, 1.82) is 0 Å². The second-order valence-corrected chi connectivity index (χ2v) is 5.28. The number of nitrogens with zero attached hydrogens (tertiary/aromatic N) is 1. The Morgan fingerprint density at radius 1 is 1.35 bits per heavy atom. The average molecular weight is 279 g/mol. The number of carbonyl (C=O) groups is 1. The van der Waals surface area contributed by atoms with Gasteiger partial charge < -0.3 is 9.84 Å². The van der Waals surface area contributed by atoms with Gasteiger partial charge in [0.15, 0.2) is 0 Å². The van der Waals surface area contributed by atoms with Crippen LogP contribution in [0.4, 0.5) is 0 Å². The van der Waals surface area contributed by atoms with Crippen LogP contribution in [0, 0.1) is 0 Å². The summed E-state index contributed by atoms with van der Waals surface area (Å²) in [4.78, 5) is 13.0. The zero-order valence-corrected chi connectivity index (χ0v) is 12.8. The Morgan fingerprint density at radius 3 is 2.60 bits per heavy atom. The van der Waals surface area contributed by atoms with E-state index >= 15 is 0 Å².